The summed E-state index contributed by atoms with van der Waals surface area (Å²) < 4.78 is 27.5. The number of hydrogen-bond donors (Lipinski definition) is 0. The lowest BCUT2D eigenvalue weighted by Crippen LogP contribution is -2.21. The molecule has 0 amide bonds. The third-order valence-electron chi connectivity index (χ3n) is 4.18. The fourth-order valence-corrected chi connectivity index (χ4v) is 2.64. The topological polar surface area (TPSA) is 0 Å². The van der Waals surface area contributed by atoms with E-state index in [4.69, 9.17) is 0 Å². The van der Waals surface area contributed by atoms with Gasteiger partial charge in [-0.2, -0.15) is 0 Å². The van der Waals surface area contributed by atoms with E-state index in [2.05, 4.69) is 34.6 Å². The van der Waals surface area contributed by atoms with Gasteiger partial charge in [0.25, 0.3) is 0 Å². The number of halogens is 2. The van der Waals surface area contributed by atoms with Crippen molar-refractivity contribution >= 4 is 0 Å². The predicted molar refractivity (Wildman–Crippen MR) is 88.2 cm³/mol. The Morgan fingerprint density at radius 1 is 0.773 bits per heavy atom. The molecule has 0 nitrogen and oxygen atoms in total. The molecule has 0 radical (unpaired) electrons. The highest BCUT2D eigenvalue weighted by Crippen LogP contribution is 2.30. The molecule has 0 spiro atoms. The minimum atomic E-state index is -0.252. The molecule has 0 bridgehead atoms. The summed E-state index contributed by atoms with van der Waals surface area (Å²) in [5, 5.41) is 0. The van der Waals surface area contributed by atoms with Crippen molar-refractivity contribution in [2.24, 2.45) is 0 Å². The normalized spacial score (nSPS) is 12.5. The highest BCUT2D eigenvalue weighted by Gasteiger charge is 2.24. The Morgan fingerprint density at radius 2 is 1.32 bits per heavy atom. The molecule has 0 N–H and O–H groups in total. The van der Waals surface area contributed by atoms with E-state index >= 15 is 0 Å². The molecule has 0 heterocycles. The molecule has 0 unspecified atom stereocenters. The van der Waals surface area contributed by atoms with Gasteiger partial charge in [0.05, 0.1) is 0 Å². The smallest absolute Gasteiger partial charge is 0.126 e. The maximum absolute atomic E-state index is 14.4. The van der Waals surface area contributed by atoms with Crippen LogP contribution >= 0.6 is 0 Å². The largest absolute Gasteiger partial charge is 0.207 e. The lowest BCUT2D eigenvalue weighted by molar-refractivity contribution is 0.496. The summed E-state index contributed by atoms with van der Waals surface area (Å²) in [7, 11) is 0. The zero-order valence-electron chi connectivity index (χ0n) is 14.0. The van der Waals surface area contributed by atoms with E-state index in [1.54, 1.807) is 18.2 Å². The fourth-order valence-electron chi connectivity index (χ4n) is 2.64. The van der Waals surface area contributed by atoms with Crippen molar-refractivity contribution in [1.82, 2.24) is 0 Å². The molecule has 0 aromatic heterocycles. The summed E-state index contributed by atoms with van der Waals surface area (Å²) in [6.07, 6.45) is 0.578. The van der Waals surface area contributed by atoms with E-state index in [0.29, 0.717) is 12.0 Å². The average molecular weight is 302 g/mol. The highest BCUT2D eigenvalue weighted by molar-refractivity contribution is 5.33. The van der Waals surface area contributed by atoms with Crippen molar-refractivity contribution in [2.45, 2.75) is 51.9 Å². The molecule has 2 heteroatoms. The first-order valence-electron chi connectivity index (χ1n) is 7.64. The standard InChI is InChI=1S/C20H24F2/c1-19(2,3)16-7-6-14(18(22)12-16)13-20(4,5)15-8-10-17(21)11-9-15/h6-12H,13H2,1-5H3. The van der Waals surface area contributed by atoms with Crippen molar-refractivity contribution < 1.29 is 8.78 Å². The van der Waals surface area contributed by atoms with Gasteiger partial charge in [-0.1, -0.05) is 58.9 Å². The van der Waals surface area contributed by atoms with Crippen LogP contribution in [0.2, 0.25) is 0 Å². The molecule has 0 saturated heterocycles. The number of hydrogen-bond acceptors (Lipinski definition) is 0. The van der Waals surface area contributed by atoms with E-state index in [1.807, 2.05) is 12.1 Å². The molecule has 118 valence electrons. The van der Waals surface area contributed by atoms with Crippen LogP contribution < -0.4 is 0 Å². The summed E-state index contributed by atoms with van der Waals surface area (Å²) in [5.74, 6) is -0.414. The Balaban J connectivity index is 2.28. The zero-order valence-corrected chi connectivity index (χ0v) is 14.0. The second-order valence-electron chi connectivity index (χ2n) is 7.62. The van der Waals surface area contributed by atoms with Crippen LogP contribution in [0.3, 0.4) is 0 Å². The molecule has 2 aromatic rings. The monoisotopic (exact) mass is 302 g/mol. The van der Waals surface area contributed by atoms with Gasteiger partial charge in [0.15, 0.2) is 0 Å². The molecule has 0 aliphatic heterocycles. The van der Waals surface area contributed by atoms with Crippen LogP contribution in [0.4, 0.5) is 8.78 Å². The van der Waals surface area contributed by atoms with Gasteiger partial charge in [0.2, 0.25) is 0 Å². The van der Waals surface area contributed by atoms with Crippen LogP contribution in [0.1, 0.15) is 51.3 Å². The van der Waals surface area contributed by atoms with Crippen LogP contribution in [-0.4, -0.2) is 0 Å². The SMILES string of the molecule is CC(C)(C)c1ccc(CC(C)(C)c2ccc(F)cc2)c(F)c1. The summed E-state index contributed by atoms with van der Waals surface area (Å²) in [6, 6.07) is 12.0. The van der Waals surface area contributed by atoms with Crippen molar-refractivity contribution in [2.75, 3.05) is 0 Å². The maximum atomic E-state index is 14.4. The van der Waals surface area contributed by atoms with E-state index in [-0.39, 0.29) is 22.5 Å². The first-order valence-corrected chi connectivity index (χ1v) is 7.64. The van der Waals surface area contributed by atoms with Gasteiger partial charge in [0.1, 0.15) is 11.6 Å². The second-order valence-corrected chi connectivity index (χ2v) is 7.62. The minimum Gasteiger partial charge on any atom is -0.207 e. The maximum Gasteiger partial charge on any atom is 0.126 e. The number of rotatable bonds is 3. The quantitative estimate of drug-likeness (QED) is 0.674. The lowest BCUT2D eigenvalue weighted by Gasteiger charge is -2.26. The Hall–Kier alpha value is -1.70. The molecule has 0 saturated carbocycles. The van der Waals surface area contributed by atoms with Gasteiger partial charge in [-0.05, 0) is 52.1 Å². The lowest BCUT2D eigenvalue weighted by atomic mass is 9.78. The van der Waals surface area contributed by atoms with Crippen LogP contribution in [0.25, 0.3) is 0 Å². The van der Waals surface area contributed by atoms with Crippen molar-refractivity contribution in [1.29, 1.82) is 0 Å². The third kappa shape index (κ3) is 3.73. The summed E-state index contributed by atoms with van der Waals surface area (Å²) in [6.45, 7) is 10.3. The molecule has 0 fully saturated rings. The Labute approximate surface area is 132 Å². The van der Waals surface area contributed by atoms with Gasteiger partial charge in [-0.15, -0.1) is 0 Å². The average Bonchev–Trinajstić information content (AvgIpc) is 2.40. The predicted octanol–water partition coefficient (Wildman–Crippen LogP) is 5.78. The van der Waals surface area contributed by atoms with Gasteiger partial charge in [0, 0.05) is 0 Å². The Morgan fingerprint density at radius 3 is 1.82 bits per heavy atom. The third-order valence-corrected chi connectivity index (χ3v) is 4.18. The van der Waals surface area contributed by atoms with Crippen LogP contribution in [0, 0.1) is 11.6 Å². The van der Waals surface area contributed by atoms with Gasteiger partial charge < -0.3 is 0 Å². The Kier molecular flexibility index (Phi) is 4.42. The zero-order chi connectivity index (χ0) is 16.5. The van der Waals surface area contributed by atoms with Gasteiger partial charge in [-0.3, -0.25) is 0 Å². The van der Waals surface area contributed by atoms with Crippen LogP contribution in [-0.2, 0) is 17.3 Å². The van der Waals surface area contributed by atoms with Crippen molar-refractivity contribution in [3.63, 3.8) is 0 Å². The Bertz CT molecular complexity index is 646. The van der Waals surface area contributed by atoms with Crippen molar-refractivity contribution in [3.8, 4) is 0 Å². The van der Waals surface area contributed by atoms with E-state index in [1.165, 1.54) is 12.1 Å². The second kappa shape index (κ2) is 5.83. The molecule has 2 rings (SSSR count). The highest BCUT2D eigenvalue weighted by atomic mass is 19.1. The molecular formula is C20H24F2. The van der Waals surface area contributed by atoms with E-state index < -0.39 is 0 Å². The summed E-state index contributed by atoms with van der Waals surface area (Å²) in [5.41, 5.74) is 2.38. The van der Waals surface area contributed by atoms with Gasteiger partial charge >= 0.3 is 0 Å². The number of benzene rings is 2. The molecular weight excluding hydrogens is 278 g/mol. The summed E-state index contributed by atoms with van der Waals surface area (Å²) in [4.78, 5) is 0. The molecule has 0 aliphatic carbocycles. The molecule has 22 heavy (non-hydrogen) atoms. The van der Waals surface area contributed by atoms with Gasteiger partial charge in [-0.25, -0.2) is 8.78 Å². The first kappa shape index (κ1) is 16.7. The van der Waals surface area contributed by atoms with E-state index in [9.17, 15) is 8.78 Å². The molecule has 2 aromatic carbocycles. The van der Waals surface area contributed by atoms with Crippen molar-refractivity contribution in [3.05, 3.63) is 70.8 Å². The first-order chi connectivity index (χ1) is 10.1. The molecule has 0 atom stereocenters. The fraction of sp³-hybridized carbons (Fsp3) is 0.400. The van der Waals surface area contributed by atoms with Crippen LogP contribution in [0.15, 0.2) is 42.5 Å². The van der Waals surface area contributed by atoms with E-state index in [0.717, 1.165) is 11.1 Å². The summed E-state index contributed by atoms with van der Waals surface area (Å²) >= 11 is 0. The minimum absolute atomic E-state index is 0.0636. The molecule has 0 aliphatic rings. The van der Waals surface area contributed by atoms with Crippen LogP contribution in [0.5, 0.6) is 0 Å².